The maximum Gasteiger partial charge on any atom is 0.292 e. The van der Waals surface area contributed by atoms with Crippen molar-refractivity contribution >= 4 is 52.1 Å². The Morgan fingerprint density at radius 2 is 1.69 bits per heavy atom. The molecular formula is C19H18Cl2N2O3. The molecule has 0 atom stereocenters. The van der Waals surface area contributed by atoms with Crippen molar-refractivity contribution < 1.29 is 14.4 Å². The van der Waals surface area contributed by atoms with Gasteiger partial charge < -0.3 is 10.6 Å². The number of hydrogen-bond acceptors (Lipinski definition) is 4. The van der Waals surface area contributed by atoms with Crippen LogP contribution < -0.4 is 10.6 Å². The van der Waals surface area contributed by atoms with Crippen LogP contribution in [0, 0.1) is 0 Å². The summed E-state index contributed by atoms with van der Waals surface area (Å²) in [7, 11) is 0. The number of benzene rings is 2. The van der Waals surface area contributed by atoms with Crippen molar-refractivity contribution in [1.82, 2.24) is 0 Å². The number of nitrogens with one attached hydrogen (secondary N) is 2. The molecule has 0 radical (unpaired) electrons. The zero-order valence-corrected chi connectivity index (χ0v) is 15.8. The van der Waals surface area contributed by atoms with E-state index in [1.165, 1.54) is 18.2 Å². The average Bonchev–Trinajstić information content (AvgIpc) is 2.58. The second-order valence-corrected chi connectivity index (χ2v) is 6.77. The first-order valence-corrected chi connectivity index (χ1v) is 8.71. The van der Waals surface area contributed by atoms with E-state index in [-0.39, 0.29) is 11.1 Å². The third-order valence-electron chi connectivity index (χ3n) is 3.42. The lowest BCUT2D eigenvalue weighted by Gasteiger charge is -2.13. The molecule has 1 amide bonds. The lowest BCUT2D eigenvalue weighted by Crippen LogP contribution is -2.25. The number of amides is 1. The van der Waals surface area contributed by atoms with Crippen LogP contribution in [0.5, 0.6) is 0 Å². The quantitative estimate of drug-likeness (QED) is 0.410. The fourth-order valence-electron chi connectivity index (χ4n) is 2.26. The Hall–Kier alpha value is -2.37. The number of ketones is 2. The number of hydrogen-bond donors (Lipinski definition) is 2. The molecule has 2 aromatic rings. The van der Waals surface area contributed by atoms with E-state index in [0.717, 1.165) is 0 Å². The molecule has 0 saturated carbocycles. The van der Waals surface area contributed by atoms with Gasteiger partial charge in [0, 0.05) is 23.0 Å². The SMILES string of the molecule is CC(C)Nc1ccccc1C(=O)CC(=O)C(=O)Nc1ccc(Cl)c(Cl)c1. The van der Waals surface area contributed by atoms with Crippen LogP contribution in [0.1, 0.15) is 30.6 Å². The third kappa shape index (κ3) is 5.31. The van der Waals surface area contributed by atoms with Gasteiger partial charge in [-0.1, -0.05) is 35.3 Å². The van der Waals surface area contributed by atoms with Crippen LogP contribution in [0.4, 0.5) is 11.4 Å². The molecule has 26 heavy (non-hydrogen) atoms. The largest absolute Gasteiger partial charge is 0.382 e. The monoisotopic (exact) mass is 392 g/mol. The normalized spacial score (nSPS) is 10.5. The predicted octanol–water partition coefficient (Wildman–Crippen LogP) is 4.59. The predicted molar refractivity (Wildman–Crippen MR) is 104 cm³/mol. The molecule has 0 spiro atoms. The summed E-state index contributed by atoms with van der Waals surface area (Å²) in [5, 5.41) is 6.15. The first kappa shape index (κ1) is 19.9. The molecule has 0 bridgehead atoms. The molecule has 2 rings (SSSR count). The summed E-state index contributed by atoms with van der Waals surface area (Å²) >= 11 is 11.7. The van der Waals surface area contributed by atoms with Crippen molar-refractivity contribution in [2.45, 2.75) is 26.3 Å². The maximum atomic E-state index is 12.4. The van der Waals surface area contributed by atoms with E-state index < -0.39 is 23.9 Å². The van der Waals surface area contributed by atoms with Crippen LogP contribution >= 0.6 is 23.2 Å². The minimum atomic E-state index is -0.883. The number of rotatable bonds is 7. The standard InChI is InChI=1S/C19H18Cl2N2O3/c1-11(2)22-16-6-4-3-5-13(16)17(24)10-18(25)19(26)23-12-7-8-14(20)15(21)9-12/h3-9,11,22H,10H2,1-2H3,(H,23,26). The zero-order valence-electron chi connectivity index (χ0n) is 14.3. The van der Waals surface area contributed by atoms with Crippen molar-refractivity contribution in [3.05, 3.63) is 58.1 Å². The second kappa shape index (κ2) is 8.83. The molecule has 2 aromatic carbocycles. The minimum absolute atomic E-state index is 0.123. The molecule has 0 aliphatic rings. The Morgan fingerprint density at radius 1 is 1.00 bits per heavy atom. The number of anilines is 2. The average molecular weight is 393 g/mol. The Kier molecular flexibility index (Phi) is 6.77. The van der Waals surface area contributed by atoms with Gasteiger partial charge in [0.1, 0.15) is 0 Å². The van der Waals surface area contributed by atoms with Crippen LogP contribution in [0.2, 0.25) is 10.0 Å². The lowest BCUT2D eigenvalue weighted by atomic mass is 10.0. The molecule has 7 heteroatoms. The van der Waals surface area contributed by atoms with Gasteiger partial charge in [-0.05, 0) is 44.2 Å². The van der Waals surface area contributed by atoms with Gasteiger partial charge >= 0.3 is 0 Å². The molecule has 0 fully saturated rings. The van der Waals surface area contributed by atoms with E-state index in [1.807, 2.05) is 13.8 Å². The van der Waals surface area contributed by atoms with E-state index in [4.69, 9.17) is 23.2 Å². The van der Waals surface area contributed by atoms with Crippen molar-refractivity contribution in [3.63, 3.8) is 0 Å². The number of carbonyl (C=O) groups is 3. The van der Waals surface area contributed by atoms with Crippen LogP contribution in [0.15, 0.2) is 42.5 Å². The molecular weight excluding hydrogens is 375 g/mol. The summed E-state index contributed by atoms with van der Waals surface area (Å²) in [5.74, 6) is -2.14. The van der Waals surface area contributed by atoms with Gasteiger partial charge in [-0.3, -0.25) is 14.4 Å². The Bertz CT molecular complexity index is 850. The van der Waals surface area contributed by atoms with Gasteiger partial charge in [0.15, 0.2) is 5.78 Å². The highest BCUT2D eigenvalue weighted by Crippen LogP contribution is 2.25. The second-order valence-electron chi connectivity index (χ2n) is 5.95. The van der Waals surface area contributed by atoms with Gasteiger partial charge in [0.25, 0.3) is 5.91 Å². The topological polar surface area (TPSA) is 75.3 Å². The van der Waals surface area contributed by atoms with Crippen molar-refractivity contribution in [2.75, 3.05) is 10.6 Å². The van der Waals surface area contributed by atoms with E-state index in [1.54, 1.807) is 24.3 Å². The van der Waals surface area contributed by atoms with Crippen LogP contribution in [-0.4, -0.2) is 23.5 Å². The van der Waals surface area contributed by atoms with E-state index >= 15 is 0 Å². The summed E-state index contributed by atoms with van der Waals surface area (Å²) in [5.41, 5.74) is 1.33. The van der Waals surface area contributed by atoms with Gasteiger partial charge in [0.2, 0.25) is 5.78 Å². The number of carbonyl (C=O) groups excluding carboxylic acids is 3. The van der Waals surface area contributed by atoms with Crippen LogP contribution in [0.3, 0.4) is 0 Å². The molecule has 0 aromatic heterocycles. The Balaban J connectivity index is 2.05. The highest BCUT2D eigenvalue weighted by molar-refractivity contribution is 6.45. The van der Waals surface area contributed by atoms with Crippen molar-refractivity contribution in [3.8, 4) is 0 Å². The van der Waals surface area contributed by atoms with Crippen LogP contribution in [0.25, 0.3) is 0 Å². The number of Topliss-reactive ketones (excluding diaryl/α,β-unsaturated/α-hetero) is 2. The van der Waals surface area contributed by atoms with Crippen LogP contribution in [-0.2, 0) is 9.59 Å². The molecule has 5 nitrogen and oxygen atoms in total. The highest BCUT2D eigenvalue weighted by Gasteiger charge is 2.21. The summed E-state index contributed by atoms with van der Waals surface area (Å²) in [6.07, 6.45) is -0.524. The van der Waals surface area contributed by atoms with Crippen molar-refractivity contribution in [2.24, 2.45) is 0 Å². The van der Waals surface area contributed by atoms with Gasteiger partial charge in [-0.25, -0.2) is 0 Å². The molecule has 136 valence electrons. The van der Waals surface area contributed by atoms with E-state index in [9.17, 15) is 14.4 Å². The third-order valence-corrected chi connectivity index (χ3v) is 4.16. The zero-order chi connectivity index (χ0) is 19.3. The van der Waals surface area contributed by atoms with E-state index in [2.05, 4.69) is 10.6 Å². The minimum Gasteiger partial charge on any atom is -0.382 e. The summed E-state index contributed by atoms with van der Waals surface area (Å²) in [6, 6.07) is 11.5. The molecule has 0 heterocycles. The summed E-state index contributed by atoms with van der Waals surface area (Å²) < 4.78 is 0. The fourth-order valence-corrected chi connectivity index (χ4v) is 2.56. The first-order valence-electron chi connectivity index (χ1n) is 7.96. The molecule has 0 aliphatic carbocycles. The maximum absolute atomic E-state index is 12.4. The molecule has 2 N–H and O–H groups in total. The van der Waals surface area contributed by atoms with Gasteiger partial charge in [-0.15, -0.1) is 0 Å². The van der Waals surface area contributed by atoms with Gasteiger partial charge in [0.05, 0.1) is 16.5 Å². The summed E-state index contributed by atoms with van der Waals surface area (Å²) in [4.78, 5) is 36.6. The van der Waals surface area contributed by atoms with E-state index in [0.29, 0.717) is 22.0 Å². The smallest absolute Gasteiger partial charge is 0.292 e. The lowest BCUT2D eigenvalue weighted by molar-refractivity contribution is -0.134. The van der Waals surface area contributed by atoms with Crippen molar-refractivity contribution in [1.29, 1.82) is 0 Å². The van der Waals surface area contributed by atoms with Gasteiger partial charge in [-0.2, -0.15) is 0 Å². The molecule has 0 saturated heterocycles. The summed E-state index contributed by atoms with van der Waals surface area (Å²) in [6.45, 7) is 3.88. The molecule has 0 aliphatic heterocycles. The Morgan fingerprint density at radius 3 is 2.35 bits per heavy atom. The highest BCUT2D eigenvalue weighted by atomic mass is 35.5. The number of para-hydroxylation sites is 1. The first-order chi connectivity index (χ1) is 12.3. The Labute approximate surface area is 161 Å². The fraction of sp³-hybridized carbons (Fsp3) is 0.211. The number of halogens is 2. The molecule has 0 unspecified atom stereocenters.